The molecule has 1 atom stereocenters. The van der Waals surface area contributed by atoms with E-state index in [-0.39, 0.29) is 10.6 Å². The van der Waals surface area contributed by atoms with Crippen molar-refractivity contribution in [2.24, 2.45) is 0 Å². The molecule has 0 N–H and O–H groups in total. The summed E-state index contributed by atoms with van der Waals surface area (Å²) in [6.07, 6.45) is 2.87. The largest absolute Gasteiger partial charge is 0.461 e. The Labute approximate surface area is 140 Å². The first-order valence-corrected chi connectivity index (χ1v) is 8.29. The second-order valence-electron chi connectivity index (χ2n) is 6.60. The number of morpholine rings is 1. The van der Waals surface area contributed by atoms with Gasteiger partial charge in [-0.25, -0.2) is 0 Å². The number of nitro groups is 1. The molecular weight excluding hydrogens is 310 g/mol. The molecule has 2 saturated heterocycles. The molecule has 24 heavy (non-hydrogen) atoms. The van der Waals surface area contributed by atoms with Crippen molar-refractivity contribution in [1.29, 1.82) is 0 Å². The van der Waals surface area contributed by atoms with Crippen LogP contribution in [0.2, 0.25) is 0 Å². The van der Waals surface area contributed by atoms with Gasteiger partial charge >= 0.3 is 5.69 Å². The maximum atomic E-state index is 11.4. The second kappa shape index (κ2) is 5.84. The molecule has 1 unspecified atom stereocenters. The zero-order chi connectivity index (χ0) is 16.7. The third kappa shape index (κ3) is 2.40. The lowest BCUT2D eigenvalue weighted by Crippen LogP contribution is -2.63. The Balaban J connectivity index is 1.82. The van der Waals surface area contributed by atoms with Gasteiger partial charge in [0, 0.05) is 49.8 Å². The number of fused-ring (bicyclic) bond motifs is 2. The van der Waals surface area contributed by atoms with E-state index in [0.717, 1.165) is 38.2 Å². The molecule has 0 spiro atoms. The summed E-state index contributed by atoms with van der Waals surface area (Å²) < 4.78 is 11.9. The molecule has 1 aromatic rings. The van der Waals surface area contributed by atoms with Gasteiger partial charge in [0.1, 0.15) is 0 Å². The van der Waals surface area contributed by atoms with E-state index in [1.54, 1.807) is 6.07 Å². The molecule has 7 heteroatoms. The van der Waals surface area contributed by atoms with Crippen LogP contribution in [0, 0.1) is 10.1 Å². The fourth-order valence-electron chi connectivity index (χ4n) is 3.89. The van der Waals surface area contributed by atoms with Gasteiger partial charge in [0.25, 0.3) is 0 Å². The molecule has 4 rings (SSSR count). The van der Waals surface area contributed by atoms with Crippen molar-refractivity contribution in [3.8, 4) is 5.75 Å². The normalized spacial score (nSPS) is 27.6. The van der Waals surface area contributed by atoms with Gasteiger partial charge < -0.3 is 14.4 Å². The van der Waals surface area contributed by atoms with E-state index in [4.69, 9.17) is 9.47 Å². The Hall–Kier alpha value is -1.96. The number of rotatable bonds is 2. The first-order chi connectivity index (χ1) is 11.6. The van der Waals surface area contributed by atoms with Crippen molar-refractivity contribution in [3.63, 3.8) is 0 Å². The van der Waals surface area contributed by atoms with Crippen LogP contribution < -0.4 is 4.74 Å². The van der Waals surface area contributed by atoms with Gasteiger partial charge in [-0.05, 0) is 13.1 Å². The van der Waals surface area contributed by atoms with Crippen LogP contribution in [-0.2, 0) is 4.74 Å². The van der Waals surface area contributed by atoms with Crippen molar-refractivity contribution in [3.05, 3.63) is 39.4 Å². The zero-order valence-corrected chi connectivity index (χ0v) is 13.7. The predicted molar refractivity (Wildman–Crippen MR) is 88.9 cm³/mol. The number of ether oxygens (including phenoxy) is 2. The van der Waals surface area contributed by atoms with Crippen molar-refractivity contribution in [1.82, 2.24) is 9.80 Å². The zero-order valence-electron chi connectivity index (χ0n) is 13.7. The van der Waals surface area contributed by atoms with E-state index in [9.17, 15) is 10.1 Å². The highest BCUT2D eigenvalue weighted by atomic mass is 16.6. The summed E-state index contributed by atoms with van der Waals surface area (Å²) in [7, 11) is 2.09. The second-order valence-corrected chi connectivity index (χ2v) is 6.60. The van der Waals surface area contributed by atoms with Gasteiger partial charge in [-0.3, -0.25) is 15.0 Å². The molecule has 0 amide bonds. The maximum Gasteiger partial charge on any atom is 0.311 e. The molecule has 3 aliphatic heterocycles. The third-order valence-corrected chi connectivity index (χ3v) is 5.12. The summed E-state index contributed by atoms with van der Waals surface area (Å²) in [6, 6.07) is 5.11. The monoisotopic (exact) mass is 331 g/mol. The molecule has 3 aliphatic rings. The van der Waals surface area contributed by atoms with Crippen LogP contribution in [0.4, 0.5) is 5.69 Å². The van der Waals surface area contributed by atoms with Crippen molar-refractivity contribution in [2.45, 2.75) is 12.1 Å². The summed E-state index contributed by atoms with van der Waals surface area (Å²) in [5.41, 5.74) is 1.41. The summed E-state index contributed by atoms with van der Waals surface area (Å²) in [5.74, 6) is 0.391. The molecular formula is C17H21N3O4. The number of benzene rings is 1. The standard InChI is InChI=1S/C17H21N3O4/c1-18-6-5-17(19-7-9-23-10-8-19)14(12-18)11-13-3-2-4-15(20(21)22)16(13)24-17/h2-4,11H,5-10,12H2,1H3. The summed E-state index contributed by atoms with van der Waals surface area (Å²) in [5, 5.41) is 11.4. The van der Waals surface area contributed by atoms with Gasteiger partial charge in [0.05, 0.1) is 18.1 Å². The molecule has 7 nitrogen and oxygen atoms in total. The molecule has 3 heterocycles. The van der Waals surface area contributed by atoms with Gasteiger partial charge in [0.2, 0.25) is 5.75 Å². The van der Waals surface area contributed by atoms with E-state index in [1.165, 1.54) is 11.6 Å². The molecule has 128 valence electrons. The van der Waals surface area contributed by atoms with Crippen molar-refractivity contribution >= 4 is 11.8 Å². The minimum atomic E-state index is -0.588. The van der Waals surface area contributed by atoms with Crippen LogP contribution in [-0.4, -0.2) is 66.9 Å². The minimum Gasteiger partial charge on any atom is -0.461 e. The SMILES string of the molecule is CN1CCC2(N3CCOCC3)Oc3c(cccc3[N+](=O)[O-])C=C2C1. The van der Waals surface area contributed by atoms with Crippen LogP contribution in [0.3, 0.4) is 0 Å². The molecule has 0 bridgehead atoms. The van der Waals surface area contributed by atoms with E-state index >= 15 is 0 Å². The fraction of sp³-hybridized carbons (Fsp3) is 0.529. The number of likely N-dealkylation sites (N-methyl/N-ethyl adjacent to an activating group) is 1. The number of para-hydroxylation sites is 1. The smallest absolute Gasteiger partial charge is 0.311 e. The van der Waals surface area contributed by atoms with Crippen LogP contribution >= 0.6 is 0 Å². The quantitative estimate of drug-likeness (QED) is 0.607. The highest BCUT2D eigenvalue weighted by Gasteiger charge is 2.49. The van der Waals surface area contributed by atoms with Gasteiger partial charge in [-0.15, -0.1) is 0 Å². The number of nitro benzene ring substituents is 1. The van der Waals surface area contributed by atoms with Crippen molar-refractivity contribution < 1.29 is 14.4 Å². The predicted octanol–water partition coefficient (Wildman–Crippen LogP) is 1.73. The number of piperidine rings is 1. The first-order valence-electron chi connectivity index (χ1n) is 8.29. The summed E-state index contributed by atoms with van der Waals surface area (Å²) in [4.78, 5) is 15.6. The first kappa shape index (κ1) is 15.6. The lowest BCUT2D eigenvalue weighted by atomic mass is 9.87. The molecule has 0 radical (unpaired) electrons. The third-order valence-electron chi connectivity index (χ3n) is 5.12. The topological polar surface area (TPSA) is 68.1 Å². The van der Waals surface area contributed by atoms with Gasteiger partial charge in [0.15, 0.2) is 5.72 Å². The number of hydrogen-bond donors (Lipinski definition) is 0. The maximum absolute atomic E-state index is 11.4. The Morgan fingerprint density at radius 2 is 2.04 bits per heavy atom. The summed E-state index contributed by atoms with van der Waals surface area (Å²) in [6.45, 7) is 4.58. The minimum absolute atomic E-state index is 0.0364. The van der Waals surface area contributed by atoms with Crippen LogP contribution in [0.5, 0.6) is 5.75 Å². The Morgan fingerprint density at radius 3 is 2.79 bits per heavy atom. The van der Waals surface area contributed by atoms with Crippen LogP contribution in [0.15, 0.2) is 23.8 Å². The van der Waals surface area contributed by atoms with Gasteiger partial charge in [-0.1, -0.05) is 12.1 Å². The highest BCUT2D eigenvalue weighted by Crippen LogP contribution is 2.46. The van der Waals surface area contributed by atoms with E-state index in [0.29, 0.717) is 19.0 Å². The molecule has 1 aromatic carbocycles. The lowest BCUT2D eigenvalue weighted by molar-refractivity contribution is -0.386. The number of nitrogens with zero attached hydrogens (tertiary/aromatic N) is 3. The molecule has 2 fully saturated rings. The molecule has 0 saturated carbocycles. The number of likely N-dealkylation sites (tertiary alicyclic amines) is 1. The Bertz CT molecular complexity index is 699. The lowest BCUT2D eigenvalue weighted by Gasteiger charge is -2.51. The molecule has 0 aromatic heterocycles. The average Bonchev–Trinajstić information content (AvgIpc) is 2.60. The Morgan fingerprint density at radius 1 is 1.25 bits per heavy atom. The van der Waals surface area contributed by atoms with E-state index < -0.39 is 5.72 Å². The van der Waals surface area contributed by atoms with Crippen molar-refractivity contribution in [2.75, 3.05) is 46.4 Å². The molecule has 0 aliphatic carbocycles. The highest BCUT2D eigenvalue weighted by molar-refractivity contribution is 5.70. The fourth-order valence-corrected chi connectivity index (χ4v) is 3.89. The number of hydrogen-bond acceptors (Lipinski definition) is 6. The average molecular weight is 331 g/mol. The van der Waals surface area contributed by atoms with E-state index in [2.05, 4.69) is 22.9 Å². The van der Waals surface area contributed by atoms with Gasteiger partial charge in [-0.2, -0.15) is 0 Å². The van der Waals surface area contributed by atoms with E-state index in [1.807, 2.05) is 6.07 Å². The van der Waals surface area contributed by atoms with Crippen LogP contribution in [0.1, 0.15) is 12.0 Å². The van der Waals surface area contributed by atoms with Crippen LogP contribution in [0.25, 0.3) is 6.08 Å². The Kier molecular flexibility index (Phi) is 3.79. The summed E-state index contributed by atoms with van der Waals surface area (Å²) >= 11 is 0.